The number of anilines is 1. The van der Waals surface area contributed by atoms with Crippen LogP contribution in [0.3, 0.4) is 0 Å². The predicted octanol–water partition coefficient (Wildman–Crippen LogP) is 4.27. The highest BCUT2D eigenvalue weighted by Crippen LogP contribution is 2.37. The van der Waals surface area contributed by atoms with Crippen LogP contribution in [-0.4, -0.2) is 16.6 Å². The third-order valence-electron chi connectivity index (χ3n) is 2.48. The standard InChI is InChI=1S/C13H15F3N2O4/c1-7-5-9(17-11(19)22-12(2,3)4)10(18(20)21)6-8(7)13(14,15)16/h5-6H,1-4H3,(H,17,19). The van der Waals surface area contributed by atoms with Gasteiger partial charge in [0.05, 0.1) is 10.5 Å². The van der Waals surface area contributed by atoms with Gasteiger partial charge in [0.2, 0.25) is 0 Å². The number of alkyl halides is 3. The van der Waals surface area contributed by atoms with Crippen LogP contribution in [-0.2, 0) is 10.9 Å². The summed E-state index contributed by atoms with van der Waals surface area (Å²) in [5.41, 5.74) is -3.44. The minimum atomic E-state index is -4.72. The number of aryl methyl sites for hydroxylation is 1. The molecule has 0 aromatic heterocycles. The number of rotatable bonds is 2. The van der Waals surface area contributed by atoms with Crippen molar-refractivity contribution >= 4 is 17.5 Å². The lowest BCUT2D eigenvalue weighted by atomic mass is 10.1. The van der Waals surface area contributed by atoms with E-state index in [9.17, 15) is 28.1 Å². The van der Waals surface area contributed by atoms with Gasteiger partial charge in [0.1, 0.15) is 11.3 Å². The molecule has 1 rings (SSSR count). The van der Waals surface area contributed by atoms with Gasteiger partial charge in [-0.15, -0.1) is 0 Å². The van der Waals surface area contributed by atoms with Gasteiger partial charge in [-0.05, 0) is 39.3 Å². The fraction of sp³-hybridized carbons (Fsp3) is 0.462. The summed E-state index contributed by atoms with van der Waals surface area (Å²) in [4.78, 5) is 21.5. The average Bonchev–Trinajstić information content (AvgIpc) is 2.23. The molecule has 1 aromatic carbocycles. The maximum Gasteiger partial charge on any atom is 0.416 e. The van der Waals surface area contributed by atoms with Crippen molar-refractivity contribution in [1.29, 1.82) is 0 Å². The van der Waals surface area contributed by atoms with Gasteiger partial charge in [0.25, 0.3) is 5.69 Å². The molecule has 0 saturated heterocycles. The monoisotopic (exact) mass is 320 g/mol. The first-order chi connectivity index (χ1) is 9.81. The number of nitro benzene ring substituents is 1. The number of amides is 1. The number of hydrogen-bond donors (Lipinski definition) is 1. The van der Waals surface area contributed by atoms with E-state index in [0.29, 0.717) is 6.07 Å². The van der Waals surface area contributed by atoms with Gasteiger partial charge in [-0.25, -0.2) is 4.79 Å². The van der Waals surface area contributed by atoms with Crippen LogP contribution in [0.15, 0.2) is 12.1 Å². The maximum absolute atomic E-state index is 12.8. The quantitative estimate of drug-likeness (QED) is 0.651. The fourth-order valence-electron chi connectivity index (χ4n) is 1.67. The summed E-state index contributed by atoms with van der Waals surface area (Å²) in [6.07, 6.45) is -5.71. The lowest BCUT2D eigenvalue weighted by Gasteiger charge is -2.20. The summed E-state index contributed by atoms with van der Waals surface area (Å²) in [6, 6.07) is 1.28. The smallest absolute Gasteiger partial charge is 0.416 e. The van der Waals surface area contributed by atoms with Gasteiger partial charge in [-0.3, -0.25) is 15.4 Å². The van der Waals surface area contributed by atoms with E-state index < -0.39 is 34.0 Å². The second kappa shape index (κ2) is 5.82. The highest BCUT2D eigenvalue weighted by Gasteiger charge is 2.35. The molecule has 9 heteroatoms. The molecule has 0 heterocycles. The molecule has 1 N–H and O–H groups in total. The third-order valence-corrected chi connectivity index (χ3v) is 2.48. The van der Waals surface area contributed by atoms with E-state index in [1.54, 1.807) is 20.8 Å². The SMILES string of the molecule is Cc1cc(NC(=O)OC(C)(C)C)c([N+](=O)[O-])cc1C(F)(F)F. The number of nitro groups is 1. The summed E-state index contributed by atoms with van der Waals surface area (Å²) in [6.45, 7) is 5.89. The van der Waals surface area contributed by atoms with Crippen LogP contribution in [0.1, 0.15) is 31.9 Å². The predicted molar refractivity (Wildman–Crippen MR) is 72.7 cm³/mol. The van der Waals surface area contributed by atoms with E-state index in [4.69, 9.17) is 4.74 Å². The van der Waals surface area contributed by atoms with Gasteiger partial charge >= 0.3 is 12.3 Å². The Morgan fingerprint density at radius 2 is 1.82 bits per heavy atom. The third kappa shape index (κ3) is 4.61. The highest BCUT2D eigenvalue weighted by atomic mass is 19.4. The molecule has 6 nitrogen and oxygen atoms in total. The van der Waals surface area contributed by atoms with Crippen molar-refractivity contribution in [2.75, 3.05) is 5.32 Å². The van der Waals surface area contributed by atoms with Gasteiger partial charge < -0.3 is 4.74 Å². The number of carbonyl (C=O) groups is 1. The molecule has 1 aromatic rings. The number of hydrogen-bond acceptors (Lipinski definition) is 4. The number of halogens is 3. The van der Waals surface area contributed by atoms with Crippen molar-refractivity contribution in [2.24, 2.45) is 0 Å². The molecule has 0 spiro atoms. The normalized spacial score (nSPS) is 12.0. The summed E-state index contributed by atoms with van der Waals surface area (Å²) in [7, 11) is 0. The molecule has 0 bridgehead atoms. The van der Waals surface area contributed by atoms with Crippen LogP contribution in [0.25, 0.3) is 0 Å². The Hall–Kier alpha value is -2.32. The van der Waals surface area contributed by atoms with Crippen molar-refractivity contribution in [2.45, 2.75) is 39.5 Å². The molecule has 0 saturated carbocycles. The first-order valence-corrected chi connectivity index (χ1v) is 6.17. The molecule has 0 aliphatic heterocycles. The van der Waals surface area contributed by atoms with Crippen LogP contribution in [0, 0.1) is 17.0 Å². The summed E-state index contributed by atoms with van der Waals surface area (Å²) in [5, 5.41) is 13.0. The van der Waals surface area contributed by atoms with E-state index >= 15 is 0 Å². The molecule has 0 fully saturated rings. The van der Waals surface area contributed by atoms with Gasteiger partial charge in [-0.2, -0.15) is 13.2 Å². The van der Waals surface area contributed by atoms with Crippen LogP contribution < -0.4 is 5.32 Å². The van der Waals surface area contributed by atoms with E-state index in [0.717, 1.165) is 13.0 Å². The molecule has 22 heavy (non-hydrogen) atoms. The Morgan fingerprint density at radius 1 is 1.27 bits per heavy atom. The molecule has 0 radical (unpaired) electrons. The second-order valence-corrected chi connectivity index (χ2v) is 5.57. The van der Waals surface area contributed by atoms with Crippen molar-refractivity contribution in [3.63, 3.8) is 0 Å². The zero-order chi connectivity index (χ0) is 17.3. The zero-order valence-corrected chi connectivity index (χ0v) is 12.4. The number of nitrogens with one attached hydrogen (secondary N) is 1. The largest absolute Gasteiger partial charge is 0.444 e. The van der Waals surface area contributed by atoms with Crippen molar-refractivity contribution in [3.8, 4) is 0 Å². The molecular formula is C13H15F3N2O4. The average molecular weight is 320 g/mol. The summed E-state index contributed by atoms with van der Waals surface area (Å²) in [5.74, 6) is 0. The highest BCUT2D eigenvalue weighted by molar-refractivity contribution is 5.88. The molecule has 0 aliphatic carbocycles. The number of benzene rings is 1. The zero-order valence-electron chi connectivity index (χ0n) is 12.4. The Bertz CT molecular complexity index is 607. The van der Waals surface area contributed by atoms with Crippen LogP contribution >= 0.6 is 0 Å². The number of carbonyl (C=O) groups excluding carboxylic acids is 1. The lowest BCUT2D eigenvalue weighted by molar-refractivity contribution is -0.384. The van der Waals surface area contributed by atoms with E-state index in [1.807, 2.05) is 0 Å². The number of ether oxygens (including phenoxy) is 1. The van der Waals surface area contributed by atoms with Gasteiger partial charge in [0, 0.05) is 6.07 Å². The first-order valence-electron chi connectivity index (χ1n) is 6.17. The van der Waals surface area contributed by atoms with Crippen LogP contribution in [0.5, 0.6) is 0 Å². The molecular weight excluding hydrogens is 305 g/mol. The number of nitrogens with zero attached hydrogens (tertiary/aromatic N) is 1. The van der Waals surface area contributed by atoms with Crippen molar-refractivity contribution in [1.82, 2.24) is 0 Å². The Labute approximate surface area is 124 Å². The first kappa shape index (κ1) is 17.7. The van der Waals surface area contributed by atoms with Crippen LogP contribution in [0.4, 0.5) is 29.3 Å². The Kier molecular flexibility index (Phi) is 4.69. The van der Waals surface area contributed by atoms with E-state index in [1.165, 1.54) is 0 Å². The van der Waals surface area contributed by atoms with Crippen LogP contribution in [0.2, 0.25) is 0 Å². The molecule has 0 unspecified atom stereocenters. The van der Waals surface area contributed by atoms with Crippen molar-refractivity contribution in [3.05, 3.63) is 33.4 Å². The lowest BCUT2D eigenvalue weighted by Crippen LogP contribution is -2.27. The Balaban J connectivity index is 3.23. The van der Waals surface area contributed by atoms with Crippen molar-refractivity contribution < 1.29 is 27.6 Å². The Morgan fingerprint density at radius 3 is 2.23 bits per heavy atom. The van der Waals surface area contributed by atoms with E-state index in [2.05, 4.69) is 5.32 Å². The second-order valence-electron chi connectivity index (χ2n) is 5.57. The fourth-order valence-corrected chi connectivity index (χ4v) is 1.67. The molecule has 122 valence electrons. The minimum Gasteiger partial charge on any atom is -0.444 e. The van der Waals surface area contributed by atoms with E-state index in [-0.39, 0.29) is 11.3 Å². The molecule has 1 amide bonds. The van der Waals surface area contributed by atoms with Gasteiger partial charge in [-0.1, -0.05) is 0 Å². The summed E-state index contributed by atoms with van der Waals surface area (Å²) < 4.78 is 43.2. The topological polar surface area (TPSA) is 81.5 Å². The maximum atomic E-state index is 12.8. The summed E-state index contributed by atoms with van der Waals surface area (Å²) >= 11 is 0. The molecule has 0 atom stereocenters. The minimum absolute atomic E-state index is 0.246. The molecule has 0 aliphatic rings. The van der Waals surface area contributed by atoms with Gasteiger partial charge in [0.15, 0.2) is 0 Å².